The van der Waals surface area contributed by atoms with Crippen LogP contribution in [0, 0.1) is 0 Å². The van der Waals surface area contributed by atoms with Crippen molar-refractivity contribution in [3.05, 3.63) is 0 Å². The van der Waals surface area contributed by atoms with Gasteiger partial charge in [-0.15, -0.1) is 0 Å². The molecule has 0 aromatic carbocycles. The van der Waals surface area contributed by atoms with Crippen molar-refractivity contribution >= 4 is 5.91 Å². The van der Waals surface area contributed by atoms with Crippen molar-refractivity contribution in [1.29, 1.82) is 0 Å². The van der Waals surface area contributed by atoms with Gasteiger partial charge in [0.25, 0.3) is 0 Å². The highest BCUT2D eigenvalue weighted by Gasteiger charge is 2.27. The van der Waals surface area contributed by atoms with E-state index in [9.17, 15) is 4.79 Å². The molecule has 4 heteroatoms. The van der Waals surface area contributed by atoms with Crippen LogP contribution >= 0.6 is 0 Å². The summed E-state index contributed by atoms with van der Waals surface area (Å²) in [7, 11) is 0. The van der Waals surface area contributed by atoms with Crippen molar-refractivity contribution in [2.24, 2.45) is 5.73 Å². The highest BCUT2D eigenvalue weighted by atomic mass is 16.5. The topological polar surface area (TPSA) is 64.3 Å². The highest BCUT2D eigenvalue weighted by molar-refractivity contribution is 5.81. The Morgan fingerprint density at radius 3 is 2.85 bits per heavy atom. The predicted octanol–water partition coefficient (Wildman–Crippen LogP) is 0.0189. The number of hydrogen-bond donors (Lipinski definition) is 2. The molecule has 0 aromatic rings. The maximum absolute atomic E-state index is 11.5. The number of nitrogens with one attached hydrogen (secondary N) is 1. The van der Waals surface area contributed by atoms with Crippen LogP contribution in [-0.2, 0) is 9.53 Å². The maximum atomic E-state index is 11.5. The van der Waals surface area contributed by atoms with Crippen molar-refractivity contribution < 1.29 is 9.53 Å². The molecule has 0 aliphatic carbocycles. The van der Waals surface area contributed by atoms with Crippen LogP contribution in [0.5, 0.6) is 0 Å². The quantitative estimate of drug-likeness (QED) is 0.653. The first kappa shape index (κ1) is 10.5. The van der Waals surface area contributed by atoms with Gasteiger partial charge in [-0.25, -0.2) is 0 Å². The van der Waals surface area contributed by atoms with Gasteiger partial charge in [0, 0.05) is 18.7 Å². The van der Waals surface area contributed by atoms with E-state index < -0.39 is 0 Å². The second kappa shape index (κ2) is 4.07. The van der Waals surface area contributed by atoms with E-state index in [1.807, 2.05) is 13.8 Å². The number of ether oxygens (including phenoxy) is 1. The average molecular weight is 186 g/mol. The lowest BCUT2D eigenvalue weighted by atomic mass is 10.1. The lowest BCUT2D eigenvalue weighted by Crippen LogP contribution is -2.51. The fourth-order valence-electron chi connectivity index (χ4n) is 1.25. The first-order chi connectivity index (χ1) is 6.05. The lowest BCUT2D eigenvalue weighted by Gasteiger charge is -2.25. The largest absolute Gasteiger partial charge is 0.368 e. The fraction of sp³-hybridized carbons (Fsp3) is 0.889. The zero-order valence-corrected chi connectivity index (χ0v) is 8.30. The van der Waals surface area contributed by atoms with E-state index in [2.05, 4.69) is 5.32 Å². The van der Waals surface area contributed by atoms with E-state index in [4.69, 9.17) is 10.5 Å². The smallest absolute Gasteiger partial charge is 0.249 e. The number of hydrogen-bond acceptors (Lipinski definition) is 3. The summed E-state index contributed by atoms with van der Waals surface area (Å²) in [5.41, 5.74) is 5.17. The van der Waals surface area contributed by atoms with E-state index in [1.54, 1.807) is 0 Å². The van der Waals surface area contributed by atoms with Crippen molar-refractivity contribution in [3.8, 4) is 0 Å². The third-order valence-corrected chi connectivity index (χ3v) is 2.19. The van der Waals surface area contributed by atoms with Crippen molar-refractivity contribution in [3.63, 3.8) is 0 Å². The number of amides is 1. The molecule has 0 unspecified atom stereocenters. The summed E-state index contributed by atoms with van der Waals surface area (Å²) < 4.78 is 5.25. The molecule has 0 spiro atoms. The first-order valence-electron chi connectivity index (χ1n) is 4.69. The molecule has 13 heavy (non-hydrogen) atoms. The fourth-order valence-corrected chi connectivity index (χ4v) is 1.25. The van der Waals surface area contributed by atoms with Gasteiger partial charge >= 0.3 is 0 Å². The highest BCUT2D eigenvalue weighted by Crippen LogP contribution is 2.13. The molecule has 0 radical (unpaired) electrons. The predicted molar refractivity (Wildman–Crippen MR) is 50.3 cm³/mol. The molecule has 1 fully saturated rings. The summed E-state index contributed by atoms with van der Waals surface area (Å²) >= 11 is 0. The van der Waals surface area contributed by atoms with E-state index >= 15 is 0 Å². The van der Waals surface area contributed by atoms with Gasteiger partial charge in [-0.2, -0.15) is 0 Å². The minimum atomic E-state index is -0.330. The van der Waals surface area contributed by atoms with Gasteiger partial charge in [-0.05, 0) is 26.7 Å². The lowest BCUT2D eigenvalue weighted by molar-refractivity contribution is -0.131. The van der Waals surface area contributed by atoms with E-state index in [0.29, 0.717) is 13.2 Å². The molecule has 1 atom stereocenters. The molecule has 1 aliphatic heterocycles. The van der Waals surface area contributed by atoms with Crippen LogP contribution < -0.4 is 11.1 Å². The van der Waals surface area contributed by atoms with Gasteiger partial charge in [0.1, 0.15) is 6.10 Å². The zero-order chi connectivity index (χ0) is 9.90. The molecular weight excluding hydrogens is 168 g/mol. The van der Waals surface area contributed by atoms with E-state index in [-0.39, 0.29) is 17.6 Å². The second-order valence-electron chi connectivity index (χ2n) is 4.08. The molecule has 0 bridgehead atoms. The summed E-state index contributed by atoms with van der Waals surface area (Å²) in [6.07, 6.45) is 1.54. The number of carbonyl (C=O) groups excluding carboxylic acids is 1. The van der Waals surface area contributed by atoms with Gasteiger partial charge in [-0.1, -0.05) is 0 Å². The SMILES string of the molecule is CC(C)(CN)NC(=O)[C@@H]1CCCO1. The van der Waals surface area contributed by atoms with E-state index in [1.165, 1.54) is 0 Å². The summed E-state index contributed by atoms with van der Waals surface area (Å²) in [5, 5.41) is 2.86. The van der Waals surface area contributed by atoms with Crippen molar-refractivity contribution in [1.82, 2.24) is 5.32 Å². The van der Waals surface area contributed by atoms with Crippen molar-refractivity contribution in [2.75, 3.05) is 13.2 Å². The molecule has 3 N–H and O–H groups in total. The zero-order valence-electron chi connectivity index (χ0n) is 8.30. The Kier molecular flexibility index (Phi) is 3.27. The van der Waals surface area contributed by atoms with Crippen LogP contribution in [0.4, 0.5) is 0 Å². The number of carbonyl (C=O) groups is 1. The Balaban J connectivity index is 2.40. The molecule has 1 rings (SSSR count). The normalized spacial score (nSPS) is 23.2. The van der Waals surface area contributed by atoms with Gasteiger partial charge in [0.2, 0.25) is 5.91 Å². The molecule has 1 heterocycles. The molecule has 0 saturated carbocycles. The van der Waals surface area contributed by atoms with Crippen LogP contribution in [0.25, 0.3) is 0 Å². The Hall–Kier alpha value is -0.610. The molecular formula is C9H18N2O2. The van der Waals surface area contributed by atoms with Gasteiger partial charge in [0.15, 0.2) is 0 Å². The third-order valence-electron chi connectivity index (χ3n) is 2.19. The standard InChI is InChI=1S/C9H18N2O2/c1-9(2,6-10)11-8(12)7-4-3-5-13-7/h7H,3-6,10H2,1-2H3,(H,11,12)/t7-/m0/s1. The van der Waals surface area contributed by atoms with E-state index in [0.717, 1.165) is 12.8 Å². The number of rotatable bonds is 3. The van der Waals surface area contributed by atoms with Crippen LogP contribution in [0.2, 0.25) is 0 Å². The van der Waals surface area contributed by atoms with Crippen molar-refractivity contribution in [2.45, 2.75) is 38.3 Å². The summed E-state index contributed by atoms with van der Waals surface area (Å²) in [5.74, 6) is -0.0343. The summed E-state index contributed by atoms with van der Waals surface area (Å²) in [4.78, 5) is 11.5. The van der Waals surface area contributed by atoms with Gasteiger partial charge in [0.05, 0.1) is 0 Å². The number of nitrogens with two attached hydrogens (primary N) is 1. The molecule has 1 aliphatic rings. The summed E-state index contributed by atoms with van der Waals surface area (Å²) in [6, 6.07) is 0. The third kappa shape index (κ3) is 2.97. The summed E-state index contributed by atoms with van der Waals surface area (Å²) in [6.45, 7) is 4.94. The molecule has 1 saturated heterocycles. The first-order valence-corrected chi connectivity index (χ1v) is 4.69. The minimum Gasteiger partial charge on any atom is -0.368 e. The van der Waals surface area contributed by atoms with Crippen LogP contribution in [0.1, 0.15) is 26.7 Å². The Labute approximate surface area is 78.8 Å². The Morgan fingerprint density at radius 2 is 2.38 bits per heavy atom. The average Bonchev–Trinajstić information content (AvgIpc) is 2.55. The van der Waals surface area contributed by atoms with Crippen LogP contribution in [0.3, 0.4) is 0 Å². The Morgan fingerprint density at radius 1 is 1.69 bits per heavy atom. The monoisotopic (exact) mass is 186 g/mol. The van der Waals surface area contributed by atoms with Gasteiger partial charge in [-0.3, -0.25) is 4.79 Å². The molecule has 1 amide bonds. The maximum Gasteiger partial charge on any atom is 0.249 e. The van der Waals surface area contributed by atoms with Crippen LogP contribution in [-0.4, -0.2) is 30.7 Å². The Bertz CT molecular complexity index is 186. The second-order valence-corrected chi connectivity index (χ2v) is 4.08. The minimum absolute atomic E-state index is 0.0343. The van der Waals surface area contributed by atoms with Crippen LogP contribution in [0.15, 0.2) is 0 Å². The molecule has 76 valence electrons. The van der Waals surface area contributed by atoms with Gasteiger partial charge < -0.3 is 15.8 Å². The molecule has 0 aromatic heterocycles. The molecule has 4 nitrogen and oxygen atoms in total.